The highest BCUT2D eigenvalue weighted by Crippen LogP contribution is 2.33. The number of hydrogen-bond acceptors (Lipinski definition) is 5. The Balaban J connectivity index is 2.52. The van der Waals surface area contributed by atoms with Crippen LogP contribution in [0.1, 0.15) is 62.9 Å². The second kappa shape index (κ2) is 8.18. The summed E-state index contributed by atoms with van der Waals surface area (Å²) < 4.78 is 0. The number of rotatable bonds is 6. The molecule has 9 nitrogen and oxygen atoms in total. The summed E-state index contributed by atoms with van der Waals surface area (Å²) in [5.74, 6) is -1.39. The van der Waals surface area contributed by atoms with Crippen LogP contribution in [0, 0.1) is 17.0 Å². The largest absolute Gasteiger partial charge is 0.465 e. The van der Waals surface area contributed by atoms with Crippen LogP contribution in [-0.2, 0) is 4.79 Å². The van der Waals surface area contributed by atoms with Gasteiger partial charge in [-0.1, -0.05) is 19.1 Å². The molecule has 29 heavy (non-hydrogen) atoms. The van der Waals surface area contributed by atoms with E-state index in [0.29, 0.717) is 18.4 Å². The lowest BCUT2D eigenvalue weighted by Crippen LogP contribution is -2.58. The van der Waals surface area contributed by atoms with Gasteiger partial charge >= 0.3 is 6.09 Å². The fraction of sp³-hybridized carbons (Fsp3) is 0.550. The van der Waals surface area contributed by atoms with Crippen molar-refractivity contribution in [2.24, 2.45) is 0 Å². The molecule has 3 amide bonds. The monoisotopic (exact) mass is 405 g/mol. The van der Waals surface area contributed by atoms with E-state index in [-0.39, 0.29) is 23.7 Å². The molecule has 1 N–H and O–H groups in total. The minimum absolute atomic E-state index is 0.134. The molecule has 1 aromatic rings. The Hall–Kier alpha value is -2.97. The van der Waals surface area contributed by atoms with Crippen molar-refractivity contribution in [1.29, 1.82) is 0 Å². The number of nitro benzene ring substituents is 1. The van der Waals surface area contributed by atoms with Crippen molar-refractivity contribution in [2.75, 3.05) is 0 Å². The summed E-state index contributed by atoms with van der Waals surface area (Å²) in [5, 5.41) is 21.1. The highest BCUT2D eigenvalue weighted by molar-refractivity contribution is 6.09. The van der Waals surface area contributed by atoms with Crippen LogP contribution in [0.2, 0.25) is 0 Å². The molecule has 1 aliphatic rings. The maximum absolute atomic E-state index is 13.4. The van der Waals surface area contributed by atoms with Crippen molar-refractivity contribution >= 4 is 23.6 Å². The first kappa shape index (κ1) is 22.3. The highest BCUT2D eigenvalue weighted by Gasteiger charge is 2.46. The molecule has 1 aliphatic carbocycles. The van der Waals surface area contributed by atoms with Crippen molar-refractivity contribution in [3.8, 4) is 0 Å². The van der Waals surface area contributed by atoms with Crippen molar-refractivity contribution in [1.82, 2.24) is 9.80 Å². The molecule has 0 aromatic heterocycles. The normalized spacial score (nSPS) is 14.8. The van der Waals surface area contributed by atoms with Crippen molar-refractivity contribution in [3.05, 3.63) is 39.4 Å². The van der Waals surface area contributed by atoms with Gasteiger partial charge in [0.25, 0.3) is 17.5 Å². The van der Waals surface area contributed by atoms with E-state index >= 15 is 0 Å². The molecule has 0 heterocycles. The van der Waals surface area contributed by atoms with Gasteiger partial charge in [0.2, 0.25) is 0 Å². The van der Waals surface area contributed by atoms with Gasteiger partial charge in [0.15, 0.2) is 0 Å². The highest BCUT2D eigenvalue weighted by atomic mass is 16.6. The van der Waals surface area contributed by atoms with Gasteiger partial charge in [0.05, 0.1) is 4.92 Å². The van der Waals surface area contributed by atoms with Gasteiger partial charge in [0.1, 0.15) is 11.6 Å². The van der Waals surface area contributed by atoms with Crippen LogP contribution in [0.25, 0.3) is 0 Å². The molecule has 0 bridgehead atoms. The van der Waals surface area contributed by atoms with Crippen LogP contribution in [-0.4, -0.2) is 55.4 Å². The molecule has 9 heteroatoms. The lowest BCUT2D eigenvalue weighted by atomic mass is 10.00. The van der Waals surface area contributed by atoms with E-state index in [9.17, 15) is 29.6 Å². The van der Waals surface area contributed by atoms with Crippen LogP contribution in [0.5, 0.6) is 0 Å². The third-order valence-electron chi connectivity index (χ3n) is 4.94. The van der Waals surface area contributed by atoms with Crippen molar-refractivity contribution in [3.63, 3.8) is 0 Å². The predicted molar refractivity (Wildman–Crippen MR) is 106 cm³/mol. The molecule has 0 saturated heterocycles. The number of hydrogen-bond donors (Lipinski definition) is 1. The molecule has 0 aliphatic heterocycles. The van der Waals surface area contributed by atoms with E-state index < -0.39 is 34.4 Å². The first-order valence-electron chi connectivity index (χ1n) is 9.55. The SMILES string of the molecule is CC[C@@H](C(=O)N(C(=O)c1c(C)cccc1[N+](=O)[O-])C1CC1)N(C(=O)O)C(C)(C)C. The van der Waals surface area contributed by atoms with Crippen LogP contribution < -0.4 is 0 Å². The Morgan fingerprint density at radius 3 is 2.28 bits per heavy atom. The van der Waals surface area contributed by atoms with Gasteiger partial charge in [-0.05, 0) is 52.5 Å². The molecule has 158 valence electrons. The molecule has 1 atom stereocenters. The summed E-state index contributed by atoms with van der Waals surface area (Å²) in [5.41, 5.74) is -0.978. The number of aryl methyl sites for hydroxylation is 1. The zero-order chi connectivity index (χ0) is 22.1. The summed E-state index contributed by atoms with van der Waals surface area (Å²) in [6, 6.07) is 2.84. The third kappa shape index (κ3) is 4.55. The van der Waals surface area contributed by atoms with Crippen LogP contribution in [0.4, 0.5) is 10.5 Å². The van der Waals surface area contributed by atoms with Crippen LogP contribution >= 0.6 is 0 Å². The molecule has 2 rings (SSSR count). The van der Waals surface area contributed by atoms with Gasteiger partial charge in [0, 0.05) is 17.6 Å². The fourth-order valence-corrected chi connectivity index (χ4v) is 3.50. The zero-order valence-corrected chi connectivity index (χ0v) is 17.3. The van der Waals surface area contributed by atoms with E-state index in [4.69, 9.17) is 0 Å². The minimum Gasteiger partial charge on any atom is -0.465 e. The minimum atomic E-state index is -1.26. The Bertz CT molecular complexity index is 841. The molecule has 1 saturated carbocycles. The standard InChI is InChI=1S/C20H27N3O6/c1-6-14(22(19(26)27)20(3,4)5)17(24)21(13-10-11-13)18(25)16-12(2)8-7-9-15(16)23(28)29/h7-9,13-14H,6,10-11H2,1-5H3,(H,26,27)/t14-/m0/s1. The molecular weight excluding hydrogens is 378 g/mol. The van der Waals surface area contributed by atoms with E-state index in [1.54, 1.807) is 40.7 Å². The summed E-state index contributed by atoms with van der Waals surface area (Å²) >= 11 is 0. The number of nitrogens with zero attached hydrogens (tertiary/aromatic N) is 3. The predicted octanol–water partition coefficient (Wildman–Crippen LogP) is 3.59. The Kier molecular flexibility index (Phi) is 6.30. The molecular formula is C20H27N3O6. The van der Waals surface area contributed by atoms with Crippen molar-refractivity contribution in [2.45, 2.75) is 71.5 Å². The number of carbonyl (C=O) groups excluding carboxylic acids is 2. The summed E-state index contributed by atoms with van der Waals surface area (Å²) in [6.07, 6.45) is 0.101. The lowest BCUT2D eigenvalue weighted by Gasteiger charge is -2.40. The van der Waals surface area contributed by atoms with E-state index in [2.05, 4.69) is 0 Å². The Labute approximate surface area is 169 Å². The number of carbonyl (C=O) groups is 3. The molecule has 0 spiro atoms. The second-order valence-electron chi connectivity index (χ2n) is 8.22. The van der Waals surface area contributed by atoms with Gasteiger partial charge in [-0.2, -0.15) is 0 Å². The van der Waals surface area contributed by atoms with E-state index in [0.717, 1.165) is 9.80 Å². The summed E-state index contributed by atoms with van der Waals surface area (Å²) in [7, 11) is 0. The molecule has 1 aromatic carbocycles. The number of carboxylic acid groups (broad SMARTS) is 1. The first-order valence-corrected chi connectivity index (χ1v) is 9.55. The van der Waals surface area contributed by atoms with Crippen LogP contribution in [0.3, 0.4) is 0 Å². The average Bonchev–Trinajstić information content (AvgIpc) is 3.42. The van der Waals surface area contributed by atoms with Gasteiger partial charge in [-0.15, -0.1) is 0 Å². The lowest BCUT2D eigenvalue weighted by molar-refractivity contribution is -0.385. The van der Waals surface area contributed by atoms with Gasteiger partial charge in [-0.25, -0.2) is 4.79 Å². The Morgan fingerprint density at radius 1 is 1.28 bits per heavy atom. The molecule has 0 radical (unpaired) electrons. The fourth-order valence-electron chi connectivity index (χ4n) is 3.50. The zero-order valence-electron chi connectivity index (χ0n) is 17.3. The average molecular weight is 405 g/mol. The topological polar surface area (TPSA) is 121 Å². The number of imide groups is 1. The molecule has 1 fully saturated rings. The number of benzene rings is 1. The molecule has 0 unspecified atom stereocenters. The maximum Gasteiger partial charge on any atom is 0.408 e. The first-order chi connectivity index (χ1) is 13.4. The summed E-state index contributed by atoms with van der Waals surface area (Å²) in [4.78, 5) is 51.4. The quantitative estimate of drug-likeness (QED) is 0.570. The number of amides is 3. The third-order valence-corrected chi connectivity index (χ3v) is 4.94. The Morgan fingerprint density at radius 2 is 1.86 bits per heavy atom. The van der Waals surface area contributed by atoms with Crippen molar-refractivity contribution < 1.29 is 24.4 Å². The summed E-state index contributed by atoms with van der Waals surface area (Å²) in [6.45, 7) is 8.27. The van der Waals surface area contributed by atoms with E-state index in [1.165, 1.54) is 12.1 Å². The number of nitro groups is 1. The smallest absolute Gasteiger partial charge is 0.408 e. The van der Waals surface area contributed by atoms with E-state index in [1.807, 2.05) is 0 Å². The van der Waals surface area contributed by atoms with Crippen LogP contribution in [0.15, 0.2) is 18.2 Å². The maximum atomic E-state index is 13.4. The van der Waals surface area contributed by atoms with Gasteiger partial charge < -0.3 is 5.11 Å². The second-order valence-corrected chi connectivity index (χ2v) is 8.22. The van der Waals surface area contributed by atoms with Gasteiger partial charge in [-0.3, -0.25) is 29.5 Å².